The van der Waals surface area contributed by atoms with Gasteiger partial charge in [0.2, 0.25) is 5.91 Å². The number of hydrogen-bond donors (Lipinski definition) is 1. The van der Waals surface area contributed by atoms with E-state index < -0.39 is 0 Å². The van der Waals surface area contributed by atoms with Crippen molar-refractivity contribution < 1.29 is 9.90 Å². The van der Waals surface area contributed by atoms with Crippen LogP contribution in [0.3, 0.4) is 0 Å². The van der Waals surface area contributed by atoms with Gasteiger partial charge in [-0.1, -0.05) is 6.08 Å². The smallest absolute Gasteiger partial charge is 0.246 e. The summed E-state index contributed by atoms with van der Waals surface area (Å²) in [6.07, 6.45) is 5.79. The zero-order valence-electron chi connectivity index (χ0n) is 6.94. The summed E-state index contributed by atoms with van der Waals surface area (Å²) in [5, 5.41) is 8.94. The van der Waals surface area contributed by atoms with Crippen LogP contribution in [0.4, 0.5) is 0 Å². The molecule has 3 nitrogen and oxygen atoms in total. The Bertz CT molecular complexity index is 215. The molecule has 2 rings (SSSR count). The average molecular weight is 167 g/mol. The lowest BCUT2D eigenvalue weighted by molar-refractivity contribution is -0.135. The van der Waals surface area contributed by atoms with Gasteiger partial charge in [0.1, 0.15) is 0 Å². The number of hydrogen-bond acceptors (Lipinski definition) is 2. The van der Waals surface area contributed by atoms with Crippen molar-refractivity contribution in [3.63, 3.8) is 0 Å². The summed E-state index contributed by atoms with van der Waals surface area (Å²) < 4.78 is 0. The van der Waals surface area contributed by atoms with Gasteiger partial charge in [0.05, 0.1) is 6.10 Å². The van der Waals surface area contributed by atoms with E-state index in [0.717, 1.165) is 0 Å². The number of aliphatic hydroxyl groups is 1. The van der Waals surface area contributed by atoms with Gasteiger partial charge < -0.3 is 10.0 Å². The van der Waals surface area contributed by atoms with Gasteiger partial charge in [0.25, 0.3) is 0 Å². The minimum atomic E-state index is -0.289. The second kappa shape index (κ2) is 2.90. The third-order valence-corrected chi connectivity index (χ3v) is 2.31. The van der Waals surface area contributed by atoms with Crippen LogP contribution >= 0.6 is 0 Å². The van der Waals surface area contributed by atoms with Gasteiger partial charge in [0.15, 0.2) is 0 Å². The average Bonchev–Trinajstić information content (AvgIpc) is 2.77. The minimum Gasteiger partial charge on any atom is -0.389 e. The zero-order valence-corrected chi connectivity index (χ0v) is 6.94. The molecule has 12 heavy (non-hydrogen) atoms. The van der Waals surface area contributed by atoms with E-state index in [1.54, 1.807) is 11.0 Å². The van der Waals surface area contributed by atoms with E-state index in [0.29, 0.717) is 19.0 Å². The van der Waals surface area contributed by atoms with Gasteiger partial charge in [0, 0.05) is 13.1 Å². The van der Waals surface area contributed by atoms with E-state index >= 15 is 0 Å². The van der Waals surface area contributed by atoms with Crippen LogP contribution in [0.25, 0.3) is 0 Å². The molecule has 0 unspecified atom stereocenters. The number of amides is 1. The second-order valence-corrected chi connectivity index (χ2v) is 3.59. The van der Waals surface area contributed by atoms with Gasteiger partial charge in [-0.2, -0.15) is 0 Å². The highest BCUT2D eigenvalue weighted by Crippen LogP contribution is 2.30. The summed E-state index contributed by atoms with van der Waals surface area (Å²) >= 11 is 0. The zero-order chi connectivity index (χ0) is 8.55. The quantitative estimate of drug-likeness (QED) is 0.595. The van der Waals surface area contributed by atoms with E-state index in [4.69, 9.17) is 5.11 Å². The Morgan fingerprint density at radius 1 is 1.42 bits per heavy atom. The summed E-state index contributed by atoms with van der Waals surface area (Å²) in [6.45, 7) is 1.02. The van der Waals surface area contributed by atoms with Gasteiger partial charge in [-0.15, -0.1) is 0 Å². The van der Waals surface area contributed by atoms with Gasteiger partial charge in [-0.3, -0.25) is 4.79 Å². The lowest BCUT2D eigenvalue weighted by Crippen LogP contribution is -2.52. The number of rotatable bonds is 2. The lowest BCUT2D eigenvalue weighted by atomic mass is 10.1. The highest BCUT2D eigenvalue weighted by Gasteiger charge is 2.27. The third-order valence-electron chi connectivity index (χ3n) is 2.31. The van der Waals surface area contributed by atoms with Crippen molar-refractivity contribution in [1.82, 2.24) is 4.90 Å². The molecule has 2 aliphatic rings. The first-order valence-corrected chi connectivity index (χ1v) is 4.41. The first-order valence-electron chi connectivity index (χ1n) is 4.41. The largest absolute Gasteiger partial charge is 0.389 e. The molecule has 0 aromatic heterocycles. The Labute approximate surface area is 71.7 Å². The van der Waals surface area contributed by atoms with Crippen molar-refractivity contribution in [3.05, 3.63) is 12.2 Å². The van der Waals surface area contributed by atoms with E-state index in [1.165, 1.54) is 12.8 Å². The predicted molar refractivity (Wildman–Crippen MR) is 44.5 cm³/mol. The number of β-amino-alcohol motifs (C(OH)–C–C–N with tert-alkyl or cyclic N) is 1. The van der Waals surface area contributed by atoms with Gasteiger partial charge >= 0.3 is 0 Å². The number of carbonyl (C=O) groups excluding carboxylic acids is 1. The van der Waals surface area contributed by atoms with Crippen molar-refractivity contribution in [3.8, 4) is 0 Å². The Kier molecular flexibility index (Phi) is 1.89. The minimum absolute atomic E-state index is 0.0483. The topological polar surface area (TPSA) is 40.5 Å². The number of allylic oxidation sites excluding steroid dienone is 1. The van der Waals surface area contributed by atoms with Crippen LogP contribution in [-0.4, -0.2) is 35.1 Å². The van der Waals surface area contributed by atoms with Crippen molar-refractivity contribution in [1.29, 1.82) is 0 Å². The molecule has 3 heteroatoms. The maximum absolute atomic E-state index is 11.2. The molecule has 66 valence electrons. The SMILES string of the molecule is O=C(/C=C/C1CC1)N1CC(O)C1. The fourth-order valence-corrected chi connectivity index (χ4v) is 1.25. The molecule has 0 radical (unpaired) electrons. The van der Waals surface area contributed by atoms with Crippen LogP contribution in [-0.2, 0) is 4.79 Å². The summed E-state index contributed by atoms with van der Waals surface area (Å²) in [4.78, 5) is 12.9. The molecule has 0 aromatic carbocycles. The number of aliphatic hydroxyl groups excluding tert-OH is 1. The first kappa shape index (κ1) is 7.80. The molecule has 1 aliphatic heterocycles. The monoisotopic (exact) mass is 167 g/mol. The van der Waals surface area contributed by atoms with Crippen molar-refractivity contribution >= 4 is 5.91 Å². The molecule has 1 amide bonds. The molecule has 0 atom stereocenters. The fraction of sp³-hybridized carbons (Fsp3) is 0.667. The Hall–Kier alpha value is -0.830. The maximum atomic E-state index is 11.2. The Morgan fingerprint density at radius 2 is 2.08 bits per heavy atom. The van der Waals surface area contributed by atoms with E-state index in [2.05, 4.69) is 0 Å². The highest BCUT2D eigenvalue weighted by molar-refractivity contribution is 5.88. The van der Waals surface area contributed by atoms with Crippen LogP contribution < -0.4 is 0 Å². The molecule has 2 fully saturated rings. The van der Waals surface area contributed by atoms with Crippen LogP contribution in [0.5, 0.6) is 0 Å². The molecule has 0 aromatic rings. The number of likely N-dealkylation sites (tertiary alicyclic amines) is 1. The summed E-state index contributed by atoms with van der Waals surface area (Å²) in [5.41, 5.74) is 0. The van der Waals surface area contributed by atoms with Crippen molar-refractivity contribution in [2.24, 2.45) is 5.92 Å². The molecule has 1 heterocycles. The van der Waals surface area contributed by atoms with E-state index in [9.17, 15) is 4.79 Å². The molecule has 0 bridgehead atoms. The van der Waals surface area contributed by atoms with Crippen LogP contribution in [0.15, 0.2) is 12.2 Å². The first-order chi connectivity index (χ1) is 5.75. The normalized spacial score (nSPS) is 24.6. The van der Waals surface area contributed by atoms with E-state index in [1.807, 2.05) is 6.08 Å². The summed E-state index contributed by atoms with van der Waals surface area (Å²) in [5.74, 6) is 0.701. The molecular weight excluding hydrogens is 154 g/mol. The van der Waals surface area contributed by atoms with E-state index in [-0.39, 0.29) is 12.0 Å². The van der Waals surface area contributed by atoms with Crippen molar-refractivity contribution in [2.45, 2.75) is 18.9 Å². The highest BCUT2D eigenvalue weighted by atomic mass is 16.3. The number of carbonyl (C=O) groups is 1. The molecule has 0 spiro atoms. The number of nitrogens with zero attached hydrogens (tertiary/aromatic N) is 1. The standard InChI is InChI=1S/C9H13NO2/c11-8-5-10(6-8)9(12)4-3-7-1-2-7/h3-4,7-8,11H,1-2,5-6H2/b4-3+. The molecule has 1 saturated carbocycles. The molecular formula is C9H13NO2. The van der Waals surface area contributed by atoms with Crippen LogP contribution in [0.2, 0.25) is 0 Å². The van der Waals surface area contributed by atoms with Crippen molar-refractivity contribution in [2.75, 3.05) is 13.1 Å². The summed E-state index contributed by atoms with van der Waals surface area (Å²) in [6, 6.07) is 0. The second-order valence-electron chi connectivity index (χ2n) is 3.59. The summed E-state index contributed by atoms with van der Waals surface area (Å²) in [7, 11) is 0. The molecule has 1 N–H and O–H groups in total. The Morgan fingerprint density at radius 3 is 2.58 bits per heavy atom. The molecule has 1 aliphatic carbocycles. The Balaban J connectivity index is 1.76. The van der Waals surface area contributed by atoms with Gasteiger partial charge in [-0.25, -0.2) is 0 Å². The molecule has 1 saturated heterocycles. The van der Waals surface area contributed by atoms with Crippen LogP contribution in [0.1, 0.15) is 12.8 Å². The maximum Gasteiger partial charge on any atom is 0.246 e. The van der Waals surface area contributed by atoms with Gasteiger partial charge in [-0.05, 0) is 24.8 Å². The van der Waals surface area contributed by atoms with Crippen LogP contribution in [0, 0.1) is 5.92 Å². The third kappa shape index (κ3) is 1.67. The fourth-order valence-electron chi connectivity index (χ4n) is 1.25. The lowest BCUT2D eigenvalue weighted by Gasteiger charge is -2.34. The predicted octanol–water partition coefficient (Wildman–Crippen LogP) is 0.156.